The van der Waals surface area contributed by atoms with Crippen LogP contribution in [-0.4, -0.2) is 35.6 Å². The van der Waals surface area contributed by atoms with Gasteiger partial charge in [0.2, 0.25) is 5.91 Å². The van der Waals surface area contributed by atoms with Crippen LogP contribution in [0.1, 0.15) is 33.1 Å². The maximum absolute atomic E-state index is 11.8. The molecule has 2 unspecified atom stereocenters. The molecule has 3 N–H and O–H groups in total. The first-order valence-corrected chi connectivity index (χ1v) is 5.82. The minimum atomic E-state index is -0.950. The van der Waals surface area contributed by atoms with Crippen molar-refractivity contribution in [1.29, 1.82) is 0 Å². The minimum Gasteiger partial charge on any atom is -0.480 e. The SMILES string of the molecule is CCC[C@H](NC(=O)C1CCNC1C)C(=O)O. The summed E-state index contributed by atoms with van der Waals surface area (Å²) in [6.07, 6.45) is 2.01. The van der Waals surface area contributed by atoms with Gasteiger partial charge in [-0.25, -0.2) is 4.79 Å². The van der Waals surface area contributed by atoms with Crippen LogP contribution in [0.5, 0.6) is 0 Å². The fourth-order valence-corrected chi connectivity index (χ4v) is 2.04. The molecule has 0 saturated carbocycles. The lowest BCUT2D eigenvalue weighted by Gasteiger charge is -2.19. The number of carboxylic acid groups (broad SMARTS) is 1. The van der Waals surface area contributed by atoms with Crippen molar-refractivity contribution in [1.82, 2.24) is 10.6 Å². The maximum Gasteiger partial charge on any atom is 0.326 e. The molecule has 0 aliphatic carbocycles. The van der Waals surface area contributed by atoms with E-state index in [-0.39, 0.29) is 17.9 Å². The van der Waals surface area contributed by atoms with Crippen molar-refractivity contribution < 1.29 is 14.7 Å². The van der Waals surface area contributed by atoms with Gasteiger partial charge in [0.1, 0.15) is 6.04 Å². The van der Waals surface area contributed by atoms with Gasteiger partial charge in [0, 0.05) is 6.04 Å². The zero-order valence-corrected chi connectivity index (χ0v) is 9.82. The molecule has 1 saturated heterocycles. The predicted octanol–water partition coefficient (Wildman–Crippen LogP) is 0.354. The molecule has 5 nitrogen and oxygen atoms in total. The number of carboxylic acids is 1. The van der Waals surface area contributed by atoms with Crippen molar-refractivity contribution in [2.24, 2.45) is 5.92 Å². The summed E-state index contributed by atoms with van der Waals surface area (Å²) in [5, 5.41) is 14.7. The van der Waals surface area contributed by atoms with Crippen LogP contribution in [0.25, 0.3) is 0 Å². The van der Waals surface area contributed by atoms with Gasteiger partial charge in [0.15, 0.2) is 0 Å². The first-order chi connectivity index (χ1) is 7.56. The molecule has 0 radical (unpaired) electrons. The topological polar surface area (TPSA) is 78.4 Å². The number of hydrogen-bond donors (Lipinski definition) is 3. The fourth-order valence-electron chi connectivity index (χ4n) is 2.04. The fraction of sp³-hybridized carbons (Fsp3) is 0.818. The molecule has 5 heteroatoms. The Labute approximate surface area is 95.6 Å². The standard InChI is InChI=1S/C11H20N2O3/c1-3-4-9(11(15)16)13-10(14)8-5-6-12-7(8)2/h7-9,12H,3-6H2,1-2H3,(H,13,14)(H,15,16)/t7?,8?,9-/m0/s1. The second-order valence-corrected chi connectivity index (χ2v) is 4.33. The zero-order valence-electron chi connectivity index (χ0n) is 9.82. The van der Waals surface area contributed by atoms with E-state index in [0.29, 0.717) is 6.42 Å². The first-order valence-electron chi connectivity index (χ1n) is 5.82. The van der Waals surface area contributed by atoms with E-state index in [1.54, 1.807) is 0 Å². The van der Waals surface area contributed by atoms with Gasteiger partial charge in [-0.05, 0) is 26.3 Å². The Morgan fingerprint density at radius 3 is 2.69 bits per heavy atom. The van der Waals surface area contributed by atoms with Crippen LogP contribution in [0.2, 0.25) is 0 Å². The average molecular weight is 228 g/mol. The van der Waals surface area contributed by atoms with E-state index in [1.165, 1.54) is 0 Å². The third-order valence-electron chi connectivity index (χ3n) is 3.05. The lowest BCUT2D eigenvalue weighted by Crippen LogP contribution is -2.45. The van der Waals surface area contributed by atoms with Crippen LogP contribution in [0.4, 0.5) is 0 Å². The Bertz CT molecular complexity index is 268. The molecular weight excluding hydrogens is 208 g/mol. The molecular formula is C11H20N2O3. The van der Waals surface area contributed by atoms with Crippen LogP contribution in [0, 0.1) is 5.92 Å². The quantitative estimate of drug-likeness (QED) is 0.634. The van der Waals surface area contributed by atoms with E-state index in [9.17, 15) is 9.59 Å². The number of nitrogens with one attached hydrogen (secondary N) is 2. The molecule has 1 fully saturated rings. The van der Waals surface area contributed by atoms with E-state index in [0.717, 1.165) is 19.4 Å². The molecule has 3 atom stereocenters. The first kappa shape index (κ1) is 13.0. The Hall–Kier alpha value is -1.10. The van der Waals surface area contributed by atoms with Crippen molar-refractivity contribution in [2.75, 3.05) is 6.54 Å². The molecule has 1 heterocycles. The van der Waals surface area contributed by atoms with E-state index < -0.39 is 12.0 Å². The molecule has 0 aromatic carbocycles. The van der Waals surface area contributed by atoms with Gasteiger partial charge >= 0.3 is 5.97 Å². The summed E-state index contributed by atoms with van der Waals surface area (Å²) in [4.78, 5) is 22.7. The van der Waals surface area contributed by atoms with Crippen molar-refractivity contribution in [3.8, 4) is 0 Å². The molecule has 16 heavy (non-hydrogen) atoms. The van der Waals surface area contributed by atoms with Crippen molar-refractivity contribution in [2.45, 2.75) is 45.2 Å². The highest BCUT2D eigenvalue weighted by molar-refractivity contribution is 5.85. The van der Waals surface area contributed by atoms with Gasteiger partial charge in [0.25, 0.3) is 0 Å². The van der Waals surface area contributed by atoms with Gasteiger partial charge in [-0.15, -0.1) is 0 Å². The monoisotopic (exact) mass is 228 g/mol. The van der Waals surface area contributed by atoms with Crippen LogP contribution in [0.15, 0.2) is 0 Å². The second kappa shape index (κ2) is 5.84. The van der Waals surface area contributed by atoms with Gasteiger partial charge in [0.05, 0.1) is 5.92 Å². The van der Waals surface area contributed by atoms with Gasteiger partial charge in [-0.1, -0.05) is 13.3 Å². The molecule has 1 amide bonds. The summed E-state index contributed by atoms with van der Waals surface area (Å²) in [6, 6.07) is -0.610. The smallest absolute Gasteiger partial charge is 0.326 e. The third kappa shape index (κ3) is 3.20. The molecule has 1 aliphatic heterocycles. The van der Waals surface area contributed by atoms with Crippen LogP contribution in [0.3, 0.4) is 0 Å². The molecule has 0 aromatic rings. The minimum absolute atomic E-state index is 0.0984. The summed E-state index contributed by atoms with van der Waals surface area (Å²) in [5.41, 5.74) is 0. The highest BCUT2D eigenvalue weighted by atomic mass is 16.4. The lowest BCUT2D eigenvalue weighted by molar-refractivity contribution is -0.142. The normalized spacial score (nSPS) is 26.4. The van der Waals surface area contributed by atoms with Crippen molar-refractivity contribution in [3.05, 3.63) is 0 Å². The zero-order chi connectivity index (χ0) is 12.1. The second-order valence-electron chi connectivity index (χ2n) is 4.33. The maximum atomic E-state index is 11.8. The van der Waals surface area contributed by atoms with Crippen LogP contribution < -0.4 is 10.6 Å². The average Bonchev–Trinajstić information content (AvgIpc) is 2.63. The summed E-state index contributed by atoms with van der Waals surface area (Å²) < 4.78 is 0. The van der Waals surface area contributed by atoms with Gasteiger partial charge < -0.3 is 15.7 Å². The summed E-state index contributed by atoms with van der Waals surface area (Å²) in [6.45, 7) is 4.68. The van der Waals surface area contributed by atoms with E-state index >= 15 is 0 Å². The molecule has 92 valence electrons. The highest BCUT2D eigenvalue weighted by Crippen LogP contribution is 2.15. The number of carbonyl (C=O) groups is 2. The van der Waals surface area contributed by atoms with Crippen molar-refractivity contribution in [3.63, 3.8) is 0 Å². The number of amides is 1. The predicted molar refractivity (Wildman–Crippen MR) is 60.0 cm³/mol. The van der Waals surface area contributed by atoms with Crippen molar-refractivity contribution >= 4 is 11.9 Å². The van der Waals surface area contributed by atoms with E-state index in [1.807, 2.05) is 13.8 Å². The number of hydrogen-bond acceptors (Lipinski definition) is 3. The summed E-state index contributed by atoms with van der Waals surface area (Å²) >= 11 is 0. The Kier molecular flexibility index (Phi) is 4.73. The van der Waals surface area contributed by atoms with Crippen LogP contribution >= 0.6 is 0 Å². The highest BCUT2D eigenvalue weighted by Gasteiger charge is 2.31. The molecule has 1 rings (SSSR count). The molecule has 0 bridgehead atoms. The van der Waals surface area contributed by atoms with Crippen LogP contribution in [-0.2, 0) is 9.59 Å². The molecule has 1 aliphatic rings. The Balaban J connectivity index is 2.50. The number of aliphatic carboxylic acids is 1. The molecule has 0 aromatic heterocycles. The number of rotatable bonds is 5. The number of carbonyl (C=O) groups excluding carboxylic acids is 1. The van der Waals surface area contributed by atoms with E-state index in [2.05, 4.69) is 10.6 Å². The Morgan fingerprint density at radius 2 is 2.25 bits per heavy atom. The summed E-state index contributed by atoms with van der Waals surface area (Å²) in [5.74, 6) is -1.19. The summed E-state index contributed by atoms with van der Waals surface area (Å²) in [7, 11) is 0. The van der Waals surface area contributed by atoms with E-state index in [4.69, 9.17) is 5.11 Å². The lowest BCUT2D eigenvalue weighted by atomic mass is 10.0. The third-order valence-corrected chi connectivity index (χ3v) is 3.05. The van der Waals surface area contributed by atoms with Gasteiger partial charge in [-0.2, -0.15) is 0 Å². The molecule has 0 spiro atoms. The largest absolute Gasteiger partial charge is 0.480 e. The Morgan fingerprint density at radius 1 is 1.56 bits per heavy atom. The van der Waals surface area contributed by atoms with Gasteiger partial charge in [-0.3, -0.25) is 4.79 Å².